The molecular formula is C26H25ClF3N5OS. The molecule has 0 aliphatic carbocycles. The van der Waals surface area contributed by atoms with Gasteiger partial charge in [0.25, 0.3) is 5.91 Å². The number of nitrogens with zero attached hydrogens (tertiary/aromatic N) is 4. The molecule has 2 aromatic carbocycles. The maximum atomic E-state index is 13.9. The van der Waals surface area contributed by atoms with E-state index in [9.17, 15) is 18.0 Å². The zero-order valence-corrected chi connectivity index (χ0v) is 21.8. The molecule has 1 unspecified atom stereocenters. The predicted octanol–water partition coefficient (Wildman–Crippen LogP) is 5.70. The summed E-state index contributed by atoms with van der Waals surface area (Å²) in [5, 5.41) is 8.26. The number of fused-ring (bicyclic) bond motifs is 1. The van der Waals surface area contributed by atoms with Crippen molar-refractivity contribution in [1.82, 2.24) is 20.0 Å². The molecule has 0 bridgehead atoms. The van der Waals surface area contributed by atoms with E-state index < -0.39 is 17.6 Å². The molecule has 2 aliphatic rings. The third-order valence-electron chi connectivity index (χ3n) is 6.74. The number of carbonyl (C=O) groups is 1. The number of amides is 1. The molecule has 1 N–H and O–H groups in total. The Bertz CT molecular complexity index is 1420. The Labute approximate surface area is 221 Å². The number of allylic oxidation sites excluding steroid dienone is 1. The van der Waals surface area contributed by atoms with E-state index >= 15 is 0 Å². The van der Waals surface area contributed by atoms with Crippen LogP contribution >= 0.6 is 23.4 Å². The molecule has 1 aromatic heterocycles. The van der Waals surface area contributed by atoms with Gasteiger partial charge in [0.1, 0.15) is 0 Å². The van der Waals surface area contributed by atoms with Crippen molar-refractivity contribution < 1.29 is 18.0 Å². The standard InChI is InChI=1S/C26H25ClF3N5OS/c1-34-8-7-15(13-34)14-35(2)25-32-24(36)23(37-25)20(16-4-6-22-18(9-16)12-31-33-22)10-17-3-5-19(27)11-21(17)26(28,29)30/h3-6,9,11-12,15H,7-8,10,13-14H2,1-2H3,(H,31,33). The van der Waals surface area contributed by atoms with Gasteiger partial charge in [-0.05, 0) is 85.1 Å². The Balaban J connectivity index is 1.53. The highest BCUT2D eigenvalue weighted by molar-refractivity contribution is 8.18. The number of alkyl halides is 3. The van der Waals surface area contributed by atoms with Crippen LogP contribution in [0.1, 0.15) is 23.1 Å². The number of benzene rings is 2. The number of aromatic nitrogens is 2. The highest BCUT2D eigenvalue weighted by Crippen LogP contribution is 2.40. The molecule has 1 fully saturated rings. The van der Waals surface area contributed by atoms with Gasteiger partial charge < -0.3 is 9.80 Å². The third-order valence-corrected chi connectivity index (χ3v) is 8.19. The van der Waals surface area contributed by atoms with Gasteiger partial charge >= 0.3 is 6.18 Å². The topological polar surface area (TPSA) is 64.6 Å². The summed E-state index contributed by atoms with van der Waals surface area (Å²) in [6.07, 6.45) is -1.98. The summed E-state index contributed by atoms with van der Waals surface area (Å²) in [6.45, 7) is 2.76. The highest BCUT2D eigenvalue weighted by Gasteiger charge is 2.35. The van der Waals surface area contributed by atoms with Crippen molar-refractivity contribution in [3.8, 4) is 0 Å². The van der Waals surface area contributed by atoms with Crippen molar-refractivity contribution in [2.24, 2.45) is 10.9 Å². The Kier molecular flexibility index (Phi) is 7.08. The molecular weight excluding hydrogens is 523 g/mol. The fraction of sp³-hybridized carbons (Fsp3) is 0.346. The van der Waals surface area contributed by atoms with E-state index in [4.69, 9.17) is 11.6 Å². The number of H-pyrrole nitrogens is 1. The number of thioether (sulfide) groups is 1. The fourth-order valence-electron chi connectivity index (χ4n) is 4.89. The molecule has 6 nitrogen and oxygen atoms in total. The lowest BCUT2D eigenvalue weighted by molar-refractivity contribution is -0.138. The van der Waals surface area contributed by atoms with Gasteiger partial charge in [0.15, 0.2) is 5.17 Å². The average Bonchev–Trinajstić information content (AvgIpc) is 3.57. The molecule has 2 aliphatic heterocycles. The van der Waals surface area contributed by atoms with Crippen molar-refractivity contribution in [2.45, 2.75) is 19.0 Å². The van der Waals surface area contributed by atoms with Crippen LogP contribution in [-0.2, 0) is 17.4 Å². The minimum Gasteiger partial charge on any atom is -0.354 e. The number of hydrogen-bond donors (Lipinski definition) is 1. The molecule has 194 valence electrons. The van der Waals surface area contributed by atoms with Crippen LogP contribution in [0.2, 0.25) is 5.02 Å². The van der Waals surface area contributed by atoms with E-state index in [0.717, 1.165) is 43.0 Å². The van der Waals surface area contributed by atoms with Gasteiger partial charge in [-0.15, -0.1) is 0 Å². The molecule has 1 amide bonds. The summed E-state index contributed by atoms with van der Waals surface area (Å²) in [4.78, 5) is 22.0. The van der Waals surface area contributed by atoms with Crippen LogP contribution in [0.3, 0.4) is 0 Å². The van der Waals surface area contributed by atoms with Gasteiger partial charge in [0.05, 0.1) is 22.2 Å². The van der Waals surface area contributed by atoms with Crippen LogP contribution in [-0.4, -0.2) is 64.8 Å². The maximum Gasteiger partial charge on any atom is 0.416 e. The number of halogens is 4. The first-order valence-corrected chi connectivity index (χ1v) is 13.0. The van der Waals surface area contributed by atoms with Gasteiger partial charge in [-0.25, -0.2) is 0 Å². The second kappa shape index (κ2) is 10.2. The molecule has 0 radical (unpaired) electrons. The number of carbonyl (C=O) groups excluding carboxylic acids is 1. The van der Waals surface area contributed by atoms with E-state index in [1.165, 1.54) is 23.9 Å². The van der Waals surface area contributed by atoms with Crippen LogP contribution in [0.25, 0.3) is 16.5 Å². The third kappa shape index (κ3) is 5.56. The quantitative estimate of drug-likeness (QED) is 0.415. The predicted molar refractivity (Wildman–Crippen MR) is 141 cm³/mol. The smallest absolute Gasteiger partial charge is 0.354 e. The summed E-state index contributed by atoms with van der Waals surface area (Å²) in [5.41, 5.74) is 1.14. The second-order valence-electron chi connectivity index (χ2n) is 9.55. The van der Waals surface area contributed by atoms with Crippen LogP contribution in [0.15, 0.2) is 52.5 Å². The first-order chi connectivity index (χ1) is 17.6. The minimum atomic E-state index is -4.59. The van der Waals surface area contributed by atoms with Crippen LogP contribution in [0.5, 0.6) is 0 Å². The largest absolute Gasteiger partial charge is 0.416 e. The lowest BCUT2D eigenvalue weighted by atomic mass is 9.93. The molecule has 0 saturated carbocycles. The highest BCUT2D eigenvalue weighted by atomic mass is 35.5. The summed E-state index contributed by atoms with van der Waals surface area (Å²) >= 11 is 7.12. The maximum absolute atomic E-state index is 13.9. The number of aromatic amines is 1. The normalized spacial score (nSPS) is 20.1. The monoisotopic (exact) mass is 547 g/mol. The van der Waals surface area contributed by atoms with Gasteiger partial charge in [0, 0.05) is 30.5 Å². The fourth-order valence-corrected chi connectivity index (χ4v) is 6.05. The van der Waals surface area contributed by atoms with Gasteiger partial charge in [-0.2, -0.15) is 23.3 Å². The molecule has 3 heterocycles. The van der Waals surface area contributed by atoms with E-state index in [0.29, 0.717) is 27.1 Å². The van der Waals surface area contributed by atoms with E-state index in [1.54, 1.807) is 18.3 Å². The summed E-state index contributed by atoms with van der Waals surface area (Å²) in [5.74, 6) is 0.0213. The molecule has 11 heteroatoms. The number of amidine groups is 1. The van der Waals surface area contributed by atoms with Crippen LogP contribution in [0.4, 0.5) is 13.2 Å². The second-order valence-corrected chi connectivity index (χ2v) is 11.0. The summed E-state index contributed by atoms with van der Waals surface area (Å²) in [6, 6.07) is 9.15. The van der Waals surface area contributed by atoms with Crippen molar-refractivity contribution in [1.29, 1.82) is 0 Å². The van der Waals surface area contributed by atoms with Gasteiger partial charge in [-0.1, -0.05) is 23.7 Å². The zero-order valence-electron chi connectivity index (χ0n) is 20.3. The Morgan fingerprint density at radius 2 is 2.08 bits per heavy atom. The SMILES string of the molecule is CN1CCC(CN(C)C2=NC(=O)C(=C(Cc3ccc(Cl)cc3C(F)(F)F)c3ccc4[nH]ncc4c3)S2)C1. The number of nitrogens with one attached hydrogen (secondary N) is 1. The van der Waals surface area contributed by atoms with E-state index in [1.807, 2.05) is 18.0 Å². The number of rotatable bonds is 5. The van der Waals surface area contributed by atoms with Gasteiger partial charge in [0.2, 0.25) is 0 Å². The molecule has 3 aromatic rings. The lowest BCUT2D eigenvalue weighted by Crippen LogP contribution is -2.30. The molecule has 37 heavy (non-hydrogen) atoms. The Morgan fingerprint density at radius 3 is 2.81 bits per heavy atom. The zero-order chi connectivity index (χ0) is 26.3. The van der Waals surface area contributed by atoms with E-state index in [2.05, 4.69) is 27.1 Å². The summed E-state index contributed by atoms with van der Waals surface area (Å²) < 4.78 is 41.7. The molecule has 0 spiro atoms. The minimum absolute atomic E-state index is 0.00112. The molecule has 5 rings (SSSR count). The first-order valence-electron chi connectivity index (χ1n) is 11.8. The van der Waals surface area contributed by atoms with Gasteiger partial charge in [-0.3, -0.25) is 9.89 Å². The Hall–Kier alpha value is -2.82. The van der Waals surface area contributed by atoms with Crippen LogP contribution in [0, 0.1) is 5.92 Å². The molecule has 1 saturated heterocycles. The van der Waals surface area contributed by atoms with Crippen molar-refractivity contribution in [3.63, 3.8) is 0 Å². The Morgan fingerprint density at radius 1 is 1.27 bits per heavy atom. The van der Waals surface area contributed by atoms with E-state index in [-0.39, 0.29) is 17.0 Å². The number of hydrogen-bond acceptors (Lipinski definition) is 5. The van der Waals surface area contributed by atoms with Crippen molar-refractivity contribution >= 4 is 50.9 Å². The van der Waals surface area contributed by atoms with Crippen molar-refractivity contribution in [2.75, 3.05) is 33.7 Å². The van der Waals surface area contributed by atoms with Crippen LogP contribution < -0.4 is 0 Å². The average molecular weight is 548 g/mol. The summed E-state index contributed by atoms with van der Waals surface area (Å²) in [7, 11) is 3.99. The number of aliphatic imine (C=N–C) groups is 1. The first kappa shape index (κ1) is 25.8. The number of likely N-dealkylation sites (tertiary alicyclic amines) is 1. The lowest BCUT2D eigenvalue weighted by Gasteiger charge is -2.22. The van der Waals surface area contributed by atoms with Crippen molar-refractivity contribution in [3.05, 3.63) is 69.2 Å². The molecule has 1 atom stereocenters.